The highest BCUT2D eigenvalue weighted by Gasteiger charge is 2.41. The lowest BCUT2D eigenvalue weighted by Gasteiger charge is -2.41. The molecule has 162 valence electrons. The summed E-state index contributed by atoms with van der Waals surface area (Å²) in [5, 5.41) is 19.6. The topological polar surface area (TPSA) is 87.7 Å². The molecule has 0 saturated carbocycles. The van der Waals surface area contributed by atoms with Crippen LogP contribution in [0.25, 0.3) is 0 Å². The molecule has 7 heteroatoms. The van der Waals surface area contributed by atoms with Crippen LogP contribution >= 0.6 is 22.4 Å². The van der Waals surface area contributed by atoms with Gasteiger partial charge in [0.1, 0.15) is 5.75 Å². The second-order valence-corrected chi connectivity index (χ2v) is 10.9. The molecule has 1 aliphatic heterocycles. The molecule has 30 heavy (non-hydrogen) atoms. The van der Waals surface area contributed by atoms with Crippen molar-refractivity contribution in [3.63, 3.8) is 0 Å². The first kappa shape index (κ1) is 22.8. The number of unbranched alkanes of at least 4 members (excludes halogenated alkanes) is 1. The molecule has 5 nitrogen and oxygen atoms in total. The lowest BCUT2D eigenvalue weighted by Crippen LogP contribution is -2.37. The molecular weight excluding hydrogens is 416 g/mol. The summed E-state index contributed by atoms with van der Waals surface area (Å²) in [6, 6.07) is 12.9. The van der Waals surface area contributed by atoms with Gasteiger partial charge in [-0.2, -0.15) is 15.9 Å². The minimum atomic E-state index is -3.09. The van der Waals surface area contributed by atoms with Gasteiger partial charge in [0.15, 0.2) is 0 Å². The maximum absolute atomic E-state index is 11.3. The molecule has 2 aromatic carbocycles. The SMILES string of the molecule is CCCCC1(CC)CN(c2ccc(C#N)cc2)c2cc(SC)c(O)cc2S(O)(O)C1. The second-order valence-electron chi connectivity index (χ2n) is 8.00. The molecule has 1 heterocycles. The van der Waals surface area contributed by atoms with Gasteiger partial charge in [0.2, 0.25) is 0 Å². The van der Waals surface area contributed by atoms with Crippen LogP contribution in [0.15, 0.2) is 46.2 Å². The molecule has 2 aromatic rings. The van der Waals surface area contributed by atoms with Crippen LogP contribution in [0.4, 0.5) is 11.4 Å². The predicted molar refractivity (Wildman–Crippen MR) is 126 cm³/mol. The van der Waals surface area contributed by atoms with Gasteiger partial charge in [-0.15, -0.1) is 11.8 Å². The Morgan fingerprint density at radius 2 is 1.90 bits per heavy atom. The number of phenols is 1. The van der Waals surface area contributed by atoms with Crippen LogP contribution in [0.3, 0.4) is 0 Å². The van der Waals surface area contributed by atoms with Gasteiger partial charge in [0, 0.05) is 29.5 Å². The molecule has 0 aromatic heterocycles. The Hall–Kier alpha value is -1.85. The Balaban J connectivity index is 2.23. The average molecular weight is 447 g/mol. The van der Waals surface area contributed by atoms with Gasteiger partial charge < -0.3 is 10.0 Å². The van der Waals surface area contributed by atoms with Crippen LogP contribution < -0.4 is 4.90 Å². The van der Waals surface area contributed by atoms with Crippen LogP contribution in [-0.4, -0.2) is 32.8 Å². The van der Waals surface area contributed by atoms with Gasteiger partial charge in [-0.25, -0.2) is 0 Å². The quantitative estimate of drug-likeness (QED) is 0.421. The van der Waals surface area contributed by atoms with E-state index in [-0.39, 0.29) is 16.9 Å². The first-order valence-corrected chi connectivity index (χ1v) is 13.2. The highest BCUT2D eigenvalue weighted by molar-refractivity contribution is 8.24. The summed E-state index contributed by atoms with van der Waals surface area (Å²) in [4.78, 5) is 3.23. The Morgan fingerprint density at radius 3 is 2.47 bits per heavy atom. The summed E-state index contributed by atoms with van der Waals surface area (Å²) in [7, 11) is -3.09. The number of phenolic OH excluding ortho intramolecular Hbond substituents is 1. The number of nitriles is 1. The number of benzene rings is 2. The van der Waals surface area contributed by atoms with Crippen molar-refractivity contribution in [3.8, 4) is 11.8 Å². The summed E-state index contributed by atoms with van der Waals surface area (Å²) < 4.78 is 22.5. The Kier molecular flexibility index (Phi) is 6.93. The molecule has 0 fully saturated rings. The monoisotopic (exact) mass is 446 g/mol. The number of fused-ring (bicyclic) bond motifs is 1. The molecule has 0 amide bonds. The average Bonchev–Trinajstić information content (AvgIpc) is 2.84. The van der Waals surface area contributed by atoms with E-state index in [0.717, 1.165) is 31.4 Å². The van der Waals surface area contributed by atoms with Crippen LogP contribution in [-0.2, 0) is 0 Å². The summed E-state index contributed by atoms with van der Waals surface area (Å²) in [6.45, 7) is 4.91. The molecule has 1 atom stereocenters. The molecule has 0 radical (unpaired) electrons. The van der Waals surface area contributed by atoms with Crippen molar-refractivity contribution in [2.75, 3.05) is 23.5 Å². The maximum Gasteiger partial charge on any atom is 0.131 e. The van der Waals surface area contributed by atoms with Crippen molar-refractivity contribution in [1.82, 2.24) is 0 Å². The van der Waals surface area contributed by atoms with E-state index in [1.54, 1.807) is 12.1 Å². The number of nitrogens with zero attached hydrogens (tertiary/aromatic N) is 2. The van der Waals surface area contributed by atoms with E-state index >= 15 is 0 Å². The lowest BCUT2D eigenvalue weighted by molar-refractivity contribution is 0.283. The molecule has 3 rings (SSSR count). The number of thioether (sulfide) groups is 1. The first-order valence-electron chi connectivity index (χ1n) is 10.2. The minimum absolute atomic E-state index is 0.0681. The van der Waals surface area contributed by atoms with Crippen LogP contribution in [0.2, 0.25) is 0 Å². The smallest absolute Gasteiger partial charge is 0.131 e. The minimum Gasteiger partial charge on any atom is -0.507 e. The Bertz CT molecular complexity index is 941. The molecule has 1 unspecified atom stereocenters. The summed E-state index contributed by atoms with van der Waals surface area (Å²) >= 11 is 1.42. The van der Waals surface area contributed by atoms with E-state index in [2.05, 4.69) is 24.8 Å². The molecule has 0 spiro atoms. The van der Waals surface area contributed by atoms with Gasteiger partial charge in [0.25, 0.3) is 0 Å². The Labute approximate surface area is 185 Å². The van der Waals surface area contributed by atoms with Crippen molar-refractivity contribution in [3.05, 3.63) is 42.0 Å². The van der Waals surface area contributed by atoms with Crippen LogP contribution in [0.5, 0.6) is 5.75 Å². The molecule has 0 bridgehead atoms. The summed E-state index contributed by atoms with van der Waals surface area (Å²) in [5.74, 6) is 0.354. The zero-order chi connectivity index (χ0) is 21.9. The van der Waals surface area contributed by atoms with Crippen molar-refractivity contribution in [1.29, 1.82) is 5.26 Å². The summed E-state index contributed by atoms with van der Waals surface area (Å²) in [6.07, 6.45) is 5.67. The van der Waals surface area contributed by atoms with Crippen LogP contribution in [0.1, 0.15) is 45.1 Å². The molecule has 3 N–H and O–H groups in total. The van der Waals surface area contributed by atoms with E-state index in [0.29, 0.717) is 27.6 Å². The van der Waals surface area contributed by atoms with Gasteiger partial charge in [-0.3, -0.25) is 9.11 Å². The van der Waals surface area contributed by atoms with Crippen molar-refractivity contribution >= 4 is 33.7 Å². The fourth-order valence-electron chi connectivity index (χ4n) is 4.19. The van der Waals surface area contributed by atoms with Crippen molar-refractivity contribution < 1.29 is 14.2 Å². The number of rotatable bonds is 6. The lowest BCUT2D eigenvalue weighted by atomic mass is 9.81. The standard InChI is InChI=1S/C23H30N2O3S2/c1-4-6-11-23(5-2)15-25(18-9-7-17(14-24)8-10-18)19-12-21(29-3)20(26)13-22(19)30(27,28)16-23/h7-10,12-13,26-28H,4-6,11,15-16H2,1-3H3. The van der Waals surface area contributed by atoms with Gasteiger partial charge in [-0.05, 0) is 49.4 Å². The highest BCUT2D eigenvalue weighted by atomic mass is 32.3. The zero-order valence-electron chi connectivity index (χ0n) is 17.8. The largest absolute Gasteiger partial charge is 0.507 e. The second kappa shape index (κ2) is 9.11. The predicted octanol–water partition coefficient (Wildman–Crippen LogP) is 6.83. The highest BCUT2D eigenvalue weighted by Crippen LogP contribution is 2.61. The van der Waals surface area contributed by atoms with Gasteiger partial charge in [-0.1, -0.05) is 26.7 Å². The maximum atomic E-state index is 11.3. The molecule has 0 saturated heterocycles. The third-order valence-corrected chi connectivity index (χ3v) is 8.84. The Morgan fingerprint density at radius 1 is 1.20 bits per heavy atom. The normalized spacial score (nSPS) is 21.4. The zero-order valence-corrected chi connectivity index (χ0v) is 19.4. The van der Waals surface area contributed by atoms with E-state index < -0.39 is 10.6 Å². The fraction of sp³-hybridized carbons (Fsp3) is 0.435. The van der Waals surface area contributed by atoms with Crippen LogP contribution in [0, 0.1) is 16.7 Å². The fourth-order valence-corrected chi connectivity index (χ4v) is 6.94. The van der Waals surface area contributed by atoms with E-state index in [4.69, 9.17) is 0 Å². The number of hydrogen-bond acceptors (Lipinski definition) is 6. The first-order chi connectivity index (χ1) is 14.3. The number of hydrogen-bond donors (Lipinski definition) is 3. The summed E-state index contributed by atoms with van der Waals surface area (Å²) in [5.41, 5.74) is 1.94. The molecule has 1 aliphatic rings. The van der Waals surface area contributed by atoms with E-state index in [1.165, 1.54) is 17.8 Å². The van der Waals surface area contributed by atoms with Crippen molar-refractivity contribution in [2.45, 2.75) is 49.3 Å². The third-order valence-electron chi connectivity index (χ3n) is 6.02. The van der Waals surface area contributed by atoms with Crippen molar-refractivity contribution in [2.24, 2.45) is 5.41 Å². The number of anilines is 2. The van der Waals surface area contributed by atoms with Gasteiger partial charge >= 0.3 is 0 Å². The van der Waals surface area contributed by atoms with Gasteiger partial charge in [0.05, 0.1) is 27.1 Å². The molecular formula is C23H30N2O3S2. The van der Waals surface area contributed by atoms with E-state index in [1.807, 2.05) is 24.5 Å². The van der Waals surface area contributed by atoms with E-state index in [9.17, 15) is 19.5 Å². The molecule has 0 aliphatic carbocycles. The number of aromatic hydroxyl groups is 1. The third kappa shape index (κ3) is 4.42.